The number of halogens is 2. The number of allylic oxidation sites excluding steroid dienone is 1. The monoisotopic (exact) mass is 178 g/mol. The first kappa shape index (κ1) is 11.4. The molecule has 0 bridgehead atoms. The highest BCUT2D eigenvalue weighted by molar-refractivity contribution is 4.87. The van der Waals surface area contributed by atoms with E-state index in [1.54, 1.807) is 21.0 Å². The summed E-state index contributed by atoms with van der Waals surface area (Å²) < 4.78 is 25.8. The maximum absolute atomic E-state index is 12.9. The molecule has 0 aliphatic heterocycles. The van der Waals surface area contributed by atoms with E-state index in [1.807, 2.05) is 0 Å². The van der Waals surface area contributed by atoms with E-state index in [4.69, 9.17) is 0 Å². The Balaban J connectivity index is 3.78. The lowest BCUT2D eigenvalue weighted by Crippen LogP contribution is -2.40. The number of alkyl halides is 2. The molecule has 0 heterocycles. The van der Waals surface area contributed by atoms with Crippen molar-refractivity contribution in [2.75, 3.05) is 27.2 Å². The van der Waals surface area contributed by atoms with Gasteiger partial charge < -0.3 is 10.2 Å². The van der Waals surface area contributed by atoms with Gasteiger partial charge in [0.15, 0.2) is 0 Å². The zero-order chi connectivity index (χ0) is 9.78. The molecule has 2 nitrogen and oxygen atoms in total. The second kappa shape index (κ2) is 4.40. The van der Waals surface area contributed by atoms with Crippen LogP contribution in [0, 0.1) is 0 Å². The Kier molecular flexibility index (Phi) is 4.17. The molecule has 0 aromatic heterocycles. The summed E-state index contributed by atoms with van der Waals surface area (Å²) >= 11 is 0. The van der Waals surface area contributed by atoms with Gasteiger partial charge in [0.05, 0.1) is 13.1 Å². The van der Waals surface area contributed by atoms with Crippen LogP contribution in [0.2, 0.25) is 0 Å². The first-order chi connectivity index (χ1) is 5.33. The van der Waals surface area contributed by atoms with Crippen molar-refractivity contribution in [1.29, 1.82) is 0 Å². The Labute approximate surface area is 72.2 Å². The first-order valence-corrected chi connectivity index (χ1v) is 3.75. The van der Waals surface area contributed by atoms with Crippen LogP contribution < -0.4 is 5.32 Å². The lowest BCUT2D eigenvalue weighted by Gasteiger charge is -2.21. The summed E-state index contributed by atoms with van der Waals surface area (Å²) in [6.07, 6.45) is 0. The van der Waals surface area contributed by atoms with Crippen molar-refractivity contribution in [1.82, 2.24) is 10.2 Å². The van der Waals surface area contributed by atoms with Gasteiger partial charge in [-0.2, -0.15) is 0 Å². The van der Waals surface area contributed by atoms with Gasteiger partial charge in [0.25, 0.3) is 5.92 Å². The van der Waals surface area contributed by atoms with Crippen molar-refractivity contribution < 1.29 is 8.78 Å². The SMILES string of the molecule is C=C(C)NCC(F)(F)CN(C)C. The summed E-state index contributed by atoms with van der Waals surface area (Å²) in [4.78, 5) is 1.46. The van der Waals surface area contributed by atoms with E-state index < -0.39 is 5.92 Å². The zero-order valence-electron chi connectivity index (χ0n) is 7.82. The molecule has 0 fully saturated rings. The van der Waals surface area contributed by atoms with Gasteiger partial charge >= 0.3 is 0 Å². The van der Waals surface area contributed by atoms with Gasteiger partial charge in [-0.3, -0.25) is 0 Å². The molecule has 0 unspecified atom stereocenters. The molecule has 4 heteroatoms. The van der Waals surface area contributed by atoms with Crippen LogP contribution in [0.25, 0.3) is 0 Å². The maximum Gasteiger partial charge on any atom is 0.277 e. The van der Waals surface area contributed by atoms with E-state index in [-0.39, 0.29) is 13.1 Å². The number of nitrogens with zero attached hydrogens (tertiary/aromatic N) is 1. The Morgan fingerprint density at radius 2 is 2.00 bits per heavy atom. The fraction of sp³-hybridized carbons (Fsp3) is 0.750. The van der Waals surface area contributed by atoms with E-state index in [0.717, 1.165) is 0 Å². The summed E-state index contributed by atoms with van der Waals surface area (Å²) in [5.41, 5.74) is 0.563. The fourth-order valence-corrected chi connectivity index (χ4v) is 0.799. The third-order valence-corrected chi connectivity index (χ3v) is 1.20. The Hall–Kier alpha value is -0.640. The molecule has 0 radical (unpaired) electrons. The van der Waals surface area contributed by atoms with Crippen LogP contribution in [-0.4, -0.2) is 38.0 Å². The van der Waals surface area contributed by atoms with Crippen LogP contribution in [0.4, 0.5) is 8.78 Å². The van der Waals surface area contributed by atoms with E-state index in [2.05, 4.69) is 11.9 Å². The third-order valence-electron chi connectivity index (χ3n) is 1.20. The Bertz CT molecular complexity index is 155. The van der Waals surface area contributed by atoms with Gasteiger partial charge in [-0.1, -0.05) is 6.58 Å². The predicted molar refractivity (Wildman–Crippen MR) is 46.3 cm³/mol. The van der Waals surface area contributed by atoms with Crippen LogP contribution in [0.15, 0.2) is 12.3 Å². The molecule has 0 aliphatic rings. The van der Waals surface area contributed by atoms with Gasteiger partial charge in [-0.15, -0.1) is 0 Å². The number of hydrogen-bond donors (Lipinski definition) is 1. The first-order valence-electron chi connectivity index (χ1n) is 3.75. The molecule has 0 amide bonds. The highest BCUT2D eigenvalue weighted by Gasteiger charge is 2.28. The molecular formula is C8H16F2N2. The van der Waals surface area contributed by atoms with Crippen molar-refractivity contribution >= 4 is 0 Å². The smallest absolute Gasteiger partial charge is 0.277 e. The highest BCUT2D eigenvalue weighted by Crippen LogP contribution is 2.12. The van der Waals surface area contributed by atoms with Crippen molar-refractivity contribution in [3.63, 3.8) is 0 Å². The van der Waals surface area contributed by atoms with Gasteiger partial charge in [0.2, 0.25) is 0 Å². The number of hydrogen-bond acceptors (Lipinski definition) is 2. The minimum atomic E-state index is -2.69. The maximum atomic E-state index is 12.9. The van der Waals surface area contributed by atoms with Crippen LogP contribution >= 0.6 is 0 Å². The molecule has 0 atom stereocenters. The molecule has 12 heavy (non-hydrogen) atoms. The molecule has 0 aliphatic carbocycles. The minimum Gasteiger partial charge on any atom is -0.383 e. The summed E-state index contributed by atoms with van der Waals surface area (Å²) in [6, 6.07) is 0. The quantitative estimate of drug-likeness (QED) is 0.682. The zero-order valence-corrected chi connectivity index (χ0v) is 7.82. The third kappa shape index (κ3) is 6.09. The summed E-state index contributed by atoms with van der Waals surface area (Å²) in [5.74, 6) is -2.69. The van der Waals surface area contributed by atoms with Crippen LogP contribution in [-0.2, 0) is 0 Å². The molecule has 0 aromatic rings. The topological polar surface area (TPSA) is 15.3 Å². The van der Waals surface area contributed by atoms with Crippen LogP contribution in [0.5, 0.6) is 0 Å². The average molecular weight is 178 g/mol. The summed E-state index contributed by atoms with van der Waals surface area (Å²) in [6.45, 7) is 4.55. The molecule has 0 rings (SSSR count). The molecule has 1 N–H and O–H groups in total. The number of nitrogens with one attached hydrogen (secondary N) is 1. The fourth-order valence-electron chi connectivity index (χ4n) is 0.799. The van der Waals surface area contributed by atoms with Gasteiger partial charge in [-0.05, 0) is 21.0 Å². The summed E-state index contributed by atoms with van der Waals surface area (Å²) in [5, 5.41) is 2.52. The normalized spacial score (nSPS) is 11.8. The van der Waals surface area contributed by atoms with E-state index in [1.165, 1.54) is 4.90 Å². The van der Waals surface area contributed by atoms with Crippen molar-refractivity contribution in [2.24, 2.45) is 0 Å². The van der Waals surface area contributed by atoms with Gasteiger partial charge in [0.1, 0.15) is 0 Å². The molecule has 0 aromatic carbocycles. The average Bonchev–Trinajstić information content (AvgIpc) is 1.81. The van der Waals surface area contributed by atoms with Crippen LogP contribution in [0.3, 0.4) is 0 Å². The lowest BCUT2D eigenvalue weighted by molar-refractivity contribution is -0.0177. The highest BCUT2D eigenvalue weighted by atomic mass is 19.3. The van der Waals surface area contributed by atoms with Crippen molar-refractivity contribution in [2.45, 2.75) is 12.8 Å². The van der Waals surface area contributed by atoms with Gasteiger partial charge in [-0.25, -0.2) is 8.78 Å². The molecule has 0 saturated heterocycles. The molecule has 72 valence electrons. The Morgan fingerprint density at radius 1 is 1.50 bits per heavy atom. The largest absolute Gasteiger partial charge is 0.383 e. The lowest BCUT2D eigenvalue weighted by atomic mass is 10.3. The molecule has 0 spiro atoms. The minimum absolute atomic E-state index is 0.243. The van der Waals surface area contributed by atoms with Crippen molar-refractivity contribution in [3.05, 3.63) is 12.3 Å². The van der Waals surface area contributed by atoms with Crippen molar-refractivity contribution in [3.8, 4) is 0 Å². The van der Waals surface area contributed by atoms with E-state index in [9.17, 15) is 8.78 Å². The van der Waals surface area contributed by atoms with Gasteiger partial charge in [0, 0.05) is 5.70 Å². The standard InChI is InChI=1S/C8H16F2N2/c1-7(2)11-5-8(9,10)6-12(3)4/h11H,1,5-6H2,2-4H3. The Morgan fingerprint density at radius 3 is 2.33 bits per heavy atom. The van der Waals surface area contributed by atoms with Crippen LogP contribution in [0.1, 0.15) is 6.92 Å². The second-order valence-electron chi connectivity index (χ2n) is 3.23. The van der Waals surface area contributed by atoms with E-state index in [0.29, 0.717) is 5.70 Å². The second-order valence-corrected chi connectivity index (χ2v) is 3.23. The van der Waals surface area contributed by atoms with E-state index >= 15 is 0 Å². The number of rotatable bonds is 5. The summed E-state index contributed by atoms with van der Waals surface area (Å²) in [7, 11) is 3.24. The molecular weight excluding hydrogens is 162 g/mol. The molecule has 0 saturated carbocycles. The predicted octanol–water partition coefficient (Wildman–Crippen LogP) is 1.31.